The van der Waals surface area contributed by atoms with Crippen LogP contribution in [0.25, 0.3) is 5.65 Å². The number of nitrogens with one attached hydrogen (secondary N) is 1. The van der Waals surface area contributed by atoms with E-state index < -0.39 is 0 Å². The van der Waals surface area contributed by atoms with Crippen LogP contribution >= 0.6 is 24.8 Å². The van der Waals surface area contributed by atoms with Gasteiger partial charge in [0.05, 0.1) is 18.2 Å². The number of pyridine rings is 1. The highest BCUT2D eigenvalue weighted by Gasteiger charge is 2.22. The minimum atomic E-state index is -0.325. The summed E-state index contributed by atoms with van der Waals surface area (Å²) in [6, 6.07) is 13.4. The minimum Gasteiger partial charge on any atom is -0.350 e. The molecule has 3 N–H and O–H groups in total. The maximum absolute atomic E-state index is 12.4. The van der Waals surface area contributed by atoms with E-state index in [0.717, 1.165) is 22.5 Å². The van der Waals surface area contributed by atoms with Crippen molar-refractivity contribution in [1.29, 1.82) is 0 Å². The lowest BCUT2D eigenvalue weighted by molar-refractivity contribution is -0.125. The van der Waals surface area contributed by atoms with E-state index in [0.29, 0.717) is 6.54 Å². The molecule has 0 radical (unpaired) electrons. The zero-order valence-corrected chi connectivity index (χ0v) is 16.4. The molecule has 0 fully saturated rings. The molecular formula is C19H24Cl2N4O. The summed E-state index contributed by atoms with van der Waals surface area (Å²) in [5.74, 6) is -0.383. The lowest BCUT2D eigenvalue weighted by Crippen LogP contribution is -2.35. The molecule has 1 aromatic carbocycles. The molecule has 140 valence electrons. The second-order valence-electron chi connectivity index (χ2n) is 6.10. The molecule has 0 bridgehead atoms. The maximum Gasteiger partial charge on any atom is 0.225 e. The first kappa shape index (κ1) is 22.0. The standard InChI is InChI=1S/C19H22N4O.2ClH/c1-13-7-6-10-23-12-16(22-18(13)23)11-21-19(24)14(2)17(20)15-8-4-3-5-9-15;;/h3-10,12,14,17H,11,20H2,1-2H3,(H,21,24);2*1H. The van der Waals surface area contributed by atoms with Crippen LogP contribution in [-0.4, -0.2) is 15.3 Å². The number of halogens is 2. The van der Waals surface area contributed by atoms with E-state index in [9.17, 15) is 4.79 Å². The zero-order valence-electron chi connectivity index (χ0n) is 14.8. The van der Waals surface area contributed by atoms with Gasteiger partial charge < -0.3 is 15.5 Å². The summed E-state index contributed by atoms with van der Waals surface area (Å²) in [7, 11) is 0. The number of benzene rings is 1. The Morgan fingerprint density at radius 1 is 1.19 bits per heavy atom. The van der Waals surface area contributed by atoms with Gasteiger partial charge in [0, 0.05) is 18.4 Å². The Labute approximate surface area is 165 Å². The Balaban J connectivity index is 0.00000169. The average molecular weight is 395 g/mol. The topological polar surface area (TPSA) is 72.4 Å². The van der Waals surface area contributed by atoms with Gasteiger partial charge in [-0.15, -0.1) is 24.8 Å². The van der Waals surface area contributed by atoms with E-state index >= 15 is 0 Å². The molecular weight excluding hydrogens is 371 g/mol. The van der Waals surface area contributed by atoms with Crippen LogP contribution in [0.5, 0.6) is 0 Å². The van der Waals surface area contributed by atoms with E-state index in [-0.39, 0.29) is 42.7 Å². The number of nitrogens with zero attached hydrogens (tertiary/aromatic N) is 2. The van der Waals surface area contributed by atoms with Crippen molar-refractivity contribution in [2.24, 2.45) is 11.7 Å². The molecule has 3 aromatic rings. The maximum atomic E-state index is 12.4. The molecule has 26 heavy (non-hydrogen) atoms. The number of aromatic nitrogens is 2. The Morgan fingerprint density at radius 2 is 1.88 bits per heavy atom. The molecule has 2 unspecified atom stereocenters. The molecule has 3 rings (SSSR count). The van der Waals surface area contributed by atoms with Gasteiger partial charge in [0.15, 0.2) is 0 Å². The van der Waals surface area contributed by atoms with Crippen LogP contribution in [0.4, 0.5) is 0 Å². The lowest BCUT2D eigenvalue weighted by Gasteiger charge is -2.19. The Morgan fingerprint density at radius 3 is 2.54 bits per heavy atom. The zero-order chi connectivity index (χ0) is 17.1. The first-order valence-corrected chi connectivity index (χ1v) is 8.07. The van der Waals surface area contributed by atoms with Crippen LogP contribution in [0.2, 0.25) is 0 Å². The lowest BCUT2D eigenvalue weighted by atomic mass is 9.95. The fraction of sp³-hybridized carbons (Fsp3) is 0.263. The summed E-state index contributed by atoms with van der Waals surface area (Å²) in [5, 5.41) is 2.94. The van der Waals surface area contributed by atoms with E-state index in [4.69, 9.17) is 5.73 Å². The second-order valence-corrected chi connectivity index (χ2v) is 6.10. The summed E-state index contributed by atoms with van der Waals surface area (Å²) in [6.45, 7) is 4.26. The summed E-state index contributed by atoms with van der Waals surface area (Å²) in [5.41, 5.74) is 10.0. The third-order valence-corrected chi connectivity index (χ3v) is 4.31. The van der Waals surface area contributed by atoms with Crippen molar-refractivity contribution in [3.8, 4) is 0 Å². The molecule has 0 aliphatic rings. The number of carbonyl (C=O) groups excluding carboxylic acids is 1. The van der Waals surface area contributed by atoms with E-state index in [1.807, 2.05) is 73.1 Å². The average Bonchev–Trinajstić information content (AvgIpc) is 3.03. The van der Waals surface area contributed by atoms with E-state index in [2.05, 4.69) is 10.3 Å². The molecule has 7 heteroatoms. The van der Waals surface area contributed by atoms with Crippen molar-refractivity contribution >= 4 is 36.4 Å². The number of hydrogen-bond acceptors (Lipinski definition) is 3. The number of fused-ring (bicyclic) bond motifs is 1. The van der Waals surface area contributed by atoms with Crippen LogP contribution in [0.3, 0.4) is 0 Å². The summed E-state index contributed by atoms with van der Waals surface area (Å²) in [6.07, 6.45) is 3.89. The van der Waals surface area contributed by atoms with E-state index in [1.54, 1.807) is 0 Å². The fourth-order valence-corrected chi connectivity index (χ4v) is 2.76. The van der Waals surface area contributed by atoms with E-state index in [1.165, 1.54) is 0 Å². The summed E-state index contributed by atoms with van der Waals surface area (Å²) < 4.78 is 1.97. The minimum absolute atomic E-state index is 0. The Bertz CT molecular complexity index is 851. The molecule has 2 heterocycles. The predicted octanol–water partition coefficient (Wildman–Crippen LogP) is 3.44. The van der Waals surface area contributed by atoms with Crippen molar-refractivity contribution in [2.45, 2.75) is 26.4 Å². The van der Waals surface area contributed by atoms with Gasteiger partial charge in [-0.2, -0.15) is 0 Å². The smallest absolute Gasteiger partial charge is 0.225 e. The van der Waals surface area contributed by atoms with Gasteiger partial charge in [-0.05, 0) is 24.1 Å². The highest BCUT2D eigenvalue weighted by molar-refractivity contribution is 5.85. The van der Waals surface area contributed by atoms with Gasteiger partial charge in [-0.3, -0.25) is 4.79 Å². The van der Waals surface area contributed by atoms with Gasteiger partial charge in [-0.1, -0.05) is 43.3 Å². The first-order chi connectivity index (χ1) is 11.6. The number of aryl methyl sites for hydroxylation is 1. The molecule has 2 aromatic heterocycles. The van der Waals surface area contributed by atoms with Crippen molar-refractivity contribution in [3.63, 3.8) is 0 Å². The number of imidazole rings is 1. The summed E-state index contributed by atoms with van der Waals surface area (Å²) in [4.78, 5) is 17.0. The van der Waals surface area contributed by atoms with Crippen LogP contribution in [0.1, 0.15) is 29.8 Å². The van der Waals surface area contributed by atoms with Crippen molar-refractivity contribution < 1.29 is 4.79 Å². The van der Waals surface area contributed by atoms with Crippen molar-refractivity contribution in [1.82, 2.24) is 14.7 Å². The largest absolute Gasteiger partial charge is 0.350 e. The first-order valence-electron chi connectivity index (χ1n) is 8.07. The van der Waals surface area contributed by atoms with Gasteiger partial charge >= 0.3 is 0 Å². The number of amides is 1. The number of nitrogens with two attached hydrogens (primary N) is 1. The highest BCUT2D eigenvalue weighted by Crippen LogP contribution is 2.19. The second kappa shape index (κ2) is 9.57. The number of hydrogen-bond donors (Lipinski definition) is 2. The van der Waals surface area contributed by atoms with Gasteiger partial charge in [0.25, 0.3) is 0 Å². The third kappa shape index (κ3) is 4.75. The molecule has 5 nitrogen and oxygen atoms in total. The Kier molecular flexibility index (Phi) is 8.08. The monoisotopic (exact) mass is 394 g/mol. The van der Waals surface area contributed by atoms with Gasteiger partial charge in [0.2, 0.25) is 5.91 Å². The van der Waals surface area contributed by atoms with Crippen LogP contribution in [-0.2, 0) is 11.3 Å². The Hall–Kier alpha value is -2.08. The molecule has 2 atom stereocenters. The molecule has 1 amide bonds. The van der Waals surface area contributed by atoms with Gasteiger partial charge in [0.1, 0.15) is 5.65 Å². The van der Waals surface area contributed by atoms with Crippen LogP contribution in [0, 0.1) is 12.8 Å². The predicted molar refractivity (Wildman–Crippen MR) is 109 cm³/mol. The van der Waals surface area contributed by atoms with Crippen molar-refractivity contribution in [2.75, 3.05) is 0 Å². The van der Waals surface area contributed by atoms with Crippen LogP contribution < -0.4 is 11.1 Å². The molecule has 0 aliphatic heterocycles. The van der Waals surface area contributed by atoms with Crippen molar-refractivity contribution in [3.05, 3.63) is 71.7 Å². The quantitative estimate of drug-likeness (QED) is 0.695. The molecule has 0 aliphatic carbocycles. The SMILES string of the molecule is Cc1cccn2cc(CNC(=O)C(C)C(N)c3ccccc3)nc12.Cl.Cl. The van der Waals surface area contributed by atoms with Gasteiger partial charge in [-0.25, -0.2) is 4.98 Å². The fourth-order valence-electron chi connectivity index (χ4n) is 2.76. The molecule has 0 saturated carbocycles. The van der Waals surface area contributed by atoms with Crippen LogP contribution in [0.15, 0.2) is 54.9 Å². The normalized spacial score (nSPS) is 12.6. The number of rotatable bonds is 5. The molecule has 0 saturated heterocycles. The summed E-state index contributed by atoms with van der Waals surface area (Å²) >= 11 is 0. The third-order valence-electron chi connectivity index (χ3n) is 4.31. The number of carbonyl (C=O) groups is 1. The molecule has 0 spiro atoms. The highest BCUT2D eigenvalue weighted by atomic mass is 35.5.